The largest absolute Gasteiger partial charge is 0.446 e. The van der Waals surface area contributed by atoms with E-state index in [-0.39, 0.29) is 0 Å². The Morgan fingerprint density at radius 1 is 1.42 bits per heavy atom. The van der Waals surface area contributed by atoms with Crippen molar-refractivity contribution in [1.82, 2.24) is 0 Å². The van der Waals surface area contributed by atoms with E-state index in [0.29, 0.717) is 0 Å². The van der Waals surface area contributed by atoms with Crippen LogP contribution >= 0.6 is 0 Å². The van der Waals surface area contributed by atoms with Gasteiger partial charge in [0, 0.05) is 0 Å². The zero-order valence-corrected chi connectivity index (χ0v) is 6.15. The minimum atomic E-state index is -5.39. The first kappa shape index (κ1) is 11.2. The second kappa shape index (κ2) is 3.27. The molecule has 0 aliphatic heterocycles. The van der Waals surface area contributed by atoms with E-state index in [1.807, 2.05) is 0 Å². The molecule has 0 bridgehead atoms. The van der Waals surface area contributed by atoms with Gasteiger partial charge in [0.1, 0.15) is 5.92 Å². The highest BCUT2D eigenvalue weighted by atomic mass is 19.3. The van der Waals surface area contributed by atoms with Crippen molar-refractivity contribution in [2.24, 2.45) is 5.92 Å². The monoisotopic (exact) mass is 184 g/mol. The highest BCUT2D eigenvalue weighted by Crippen LogP contribution is 2.39. The van der Waals surface area contributed by atoms with Crippen LogP contribution in [0.25, 0.3) is 0 Å². The van der Waals surface area contributed by atoms with Crippen molar-refractivity contribution >= 4 is 0 Å². The molecule has 1 atom stereocenters. The van der Waals surface area contributed by atoms with Crippen LogP contribution in [0.4, 0.5) is 17.6 Å². The van der Waals surface area contributed by atoms with E-state index < -0.39 is 24.4 Å². The van der Waals surface area contributed by atoms with Gasteiger partial charge in [-0.15, -0.1) is 0 Å². The number of nitrogens with zero attached hydrogens (tertiary/aromatic N) is 1. The van der Waals surface area contributed by atoms with Crippen LogP contribution in [-0.2, 0) is 5.11 Å². The van der Waals surface area contributed by atoms with E-state index in [0.717, 1.165) is 13.0 Å². The fraction of sp³-hybridized carbons (Fsp3) is 0.833. The van der Waals surface area contributed by atoms with E-state index in [4.69, 9.17) is 5.26 Å². The van der Waals surface area contributed by atoms with E-state index in [2.05, 4.69) is 0 Å². The Labute approximate surface area is 66.4 Å². The molecule has 0 saturated carbocycles. The van der Waals surface area contributed by atoms with E-state index >= 15 is 0 Å². The number of hydrogen-bond acceptors (Lipinski definition) is 1. The molecule has 0 aliphatic rings. The Morgan fingerprint density at radius 3 is 1.92 bits per heavy atom. The van der Waals surface area contributed by atoms with Crippen molar-refractivity contribution in [1.29, 1.82) is 5.26 Å². The average molecular weight is 184 g/mol. The SMILES string of the molecule is CCC(C#N)C(F)(F)C([O])(F)F. The smallest absolute Gasteiger partial charge is 0.198 e. The van der Waals surface area contributed by atoms with Crippen molar-refractivity contribution in [3.8, 4) is 6.07 Å². The summed E-state index contributed by atoms with van der Waals surface area (Å²) in [6.07, 6.45) is -5.87. The molecule has 1 radical (unpaired) electrons. The maximum atomic E-state index is 12.3. The summed E-state index contributed by atoms with van der Waals surface area (Å²) in [5, 5.41) is 17.7. The van der Waals surface area contributed by atoms with Gasteiger partial charge in [0.2, 0.25) is 0 Å². The van der Waals surface area contributed by atoms with Gasteiger partial charge in [-0.1, -0.05) is 6.92 Å². The summed E-state index contributed by atoms with van der Waals surface area (Å²) in [4.78, 5) is 0. The van der Waals surface area contributed by atoms with Crippen LogP contribution in [0.3, 0.4) is 0 Å². The minimum Gasteiger partial charge on any atom is -0.198 e. The Hall–Kier alpha value is -0.830. The molecule has 0 spiro atoms. The normalized spacial score (nSPS) is 15.4. The van der Waals surface area contributed by atoms with Gasteiger partial charge in [-0.05, 0) is 6.42 Å². The Kier molecular flexibility index (Phi) is 3.04. The third kappa shape index (κ3) is 1.85. The summed E-state index contributed by atoms with van der Waals surface area (Å²) in [6.45, 7) is 1.13. The number of halogens is 4. The van der Waals surface area contributed by atoms with E-state index in [1.54, 1.807) is 0 Å². The highest BCUT2D eigenvalue weighted by molar-refractivity contribution is 4.96. The average Bonchev–Trinajstić information content (AvgIpc) is 1.87. The summed E-state index contributed by atoms with van der Waals surface area (Å²) in [5.74, 6) is -7.03. The van der Waals surface area contributed by atoms with Crippen LogP contribution in [-0.4, -0.2) is 12.0 Å². The summed E-state index contributed by atoms with van der Waals surface area (Å²) < 4.78 is 48.0. The molecule has 0 fully saturated rings. The second-order valence-electron chi connectivity index (χ2n) is 2.23. The fourth-order valence-electron chi connectivity index (χ4n) is 0.632. The lowest BCUT2D eigenvalue weighted by Gasteiger charge is -2.22. The van der Waals surface area contributed by atoms with Crippen LogP contribution < -0.4 is 0 Å². The van der Waals surface area contributed by atoms with Crippen molar-refractivity contribution in [2.45, 2.75) is 25.4 Å². The predicted octanol–water partition coefficient (Wildman–Crippen LogP) is 2.19. The van der Waals surface area contributed by atoms with Crippen LogP contribution in [0.5, 0.6) is 0 Å². The van der Waals surface area contributed by atoms with E-state index in [9.17, 15) is 22.7 Å². The molecular formula is C6H6F4NO. The molecule has 0 aromatic heterocycles. The predicted molar refractivity (Wildman–Crippen MR) is 30.0 cm³/mol. The van der Waals surface area contributed by atoms with Crippen molar-refractivity contribution < 1.29 is 22.7 Å². The zero-order valence-electron chi connectivity index (χ0n) is 6.15. The molecule has 12 heavy (non-hydrogen) atoms. The van der Waals surface area contributed by atoms with Gasteiger partial charge in [-0.25, -0.2) is 0 Å². The first-order chi connectivity index (χ1) is 5.27. The molecule has 0 amide bonds. The molecule has 0 saturated heterocycles. The van der Waals surface area contributed by atoms with Gasteiger partial charge in [-0.2, -0.15) is 27.9 Å². The van der Waals surface area contributed by atoms with Gasteiger partial charge in [0.15, 0.2) is 0 Å². The molecule has 0 aromatic carbocycles. The molecule has 0 rings (SSSR count). The molecule has 0 aromatic rings. The minimum absolute atomic E-state index is 0.485. The van der Waals surface area contributed by atoms with Crippen LogP contribution in [0, 0.1) is 17.2 Å². The molecule has 0 heterocycles. The molecule has 6 heteroatoms. The summed E-state index contributed by atoms with van der Waals surface area (Å²) in [7, 11) is 0. The lowest BCUT2D eigenvalue weighted by molar-refractivity contribution is -0.363. The second-order valence-corrected chi connectivity index (χ2v) is 2.23. The lowest BCUT2D eigenvalue weighted by atomic mass is 9.99. The first-order valence-electron chi connectivity index (χ1n) is 3.13. The molecule has 0 N–H and O–H groups in total. The summed E-state index contributed by atoms with van der Waals surface area (Å²) in [6, 6.07) is 0.969. The number of rotatable bonds is 3. The highest BCUT2D eigenvalue weighted by Gasteiger charge is 2.61. The fourth-order valence-corrected chi connectivity index (χ4v) is 0.632. The van der Waals surface area contributed by atoms with E-state index in [1.165, 1.54) is 0 Å². The van der Waals surface area contributed by atoms with Crippen molar-refractivity contribution in [3.63, 3.8) is 0 Å². The lowest BCUT2D eigenvalue weighted by Crippen LogP contribution is -2.44. The van der Waals surface area contributed by atoms with Gasteiger partial charge >= 0.3 is 12.0 Å². The molecular weight excluding hydrogens is 178 g/mol. The van der Waals surface area contributed by atoms with Gasteiger partial charge < -0.3 is 0 Å². The standard InChI is InChI=1S/C6H6F4NO/c1-2-4(3-11)5(7,8)6(9,10)12/h4H,2H2,1H3. The third-order valence-corrected chi connectivity index (χ3v) is 1.39. The molecule has 0 aliphatic carbocycles. The Balaban J connectivity index is 4.73. The third-order valence-electron chi connectivity index (χ3n) is 1.39. The first-order valence-corrected chi connectivity index (χ1v) is 3.13. The summed E-state index contributed by atoms with van der Waals surface area (Å²) >= 11 is 0. The Bertz CT molecular complexity index is 193. The van der Waals surface area contributed by atoms with Gasteiger partial charge in [-0.3, -0.25) is 0 Å². The van der Waals surface area contributed by atoms with Crippen LogP contribution in [0.1, 0.15) is 13.3 Å². The van der Waals surface area contributed by atoms with Crippen LogP contribution in [0.15, 0.2) is 0 Å². The molecule has 69 valence electrons. The summed E-state index contributed by atoms with van der Waals surface area (Å²) in [5.41, 5.74) is 0. The quantitative estimate of drug-likeness (QED) is 0.620. The maximum absolute atomic E-state index is 12.3. The van der Waals surface area contributed by atoms with Crippen molar-refractivity contribution in [3.05, 3.63) is 0 Å². The number of alkyl halides is 4. The van der Waals surface area contributed by atoms with Gasteiger partial charge in [0.05, 0.1) is 6.07 Å². The van der Waals surface area contributed by atoms with Crippen LogP contribution in [0.2, 0.25) is 0 Å². The van der Waals surface area contributed by atoms with Crippen molar-refractivity contribution in [2.75, 3.05) is 0 Å². The number of hydrogen-bond donors (Lipinski definition) is 0. The number of nitriles is 1. The van der Waals surface area contributed by atoms with Gasteiger partial charge in [0.25, 0.3) is 0 Å². The molecule has 1 unspecified atom stereocenters. The maximum Gasteiger partial charge on any atom is 0.446 e. The zero-order chi connectivity index (χ0) is 9.99. The Morgan fingerprint density at radius 2 is 1.83 bits per heavy atom. The topological polar surface area (TPSA) is 43.7 Å². The molecule has 2 nitrogen and oxygen atoms in total.